The lowest BCUT2D eigenvalue weighted by atomic mass is 10.2. The van der Waals surface area contributed by atoms with Crippen LogP contribution in [0, 0.1) is 0 Å². The van der Waals surface area contributed by atoms with Crippen LogP contribution in [-0.4, -0.2) is 20.0 Å². The summed E-state index contributed by atoms with van der Waals surface area (Å²) in [6, 6.07) is 14.7. The van der Waals surface area contributed by atoms with E-state index in [4.69, 9.17) is 4.74 Å². The molecule has 5 nitrogen and oxygen atoms in total. The van der Waals surface area contributed by atoms with Gasteiger partial charge in [-0.3, -0.25) is 4.72 Å². The number of sulfonamides is 1. The Morgan fingerprint density at radius 1 is 1.21 bits per heavy atom. The molecule has 0 bridgehead atoms. The van der Waals surface area contributed by atoms with Crippen LogP contribution < -0.4 is 9.46 Å². The molecule has 0 fully saturated rings. The summed E-state index contributed by atoms with van der Waals surface area (Å²) in [5.41, 5.74) is 1.54. The SMILES string of the molecule is CCOc1ccc2nc(NS(=O)(=O)/C=C/c3ccccc3)sc2c1. The summed E-state index contributed by atoms with van der Waals surface area (Å²) < 4.78 is 33.1. The topological polar surface area (TPSA) is 68.3 Å². The van der Waals surface area contributed by atoms with Crippen molar-refractivity contribution in [1.82, 2.24) is 4.98 Å². The maximum absolute atomic E-state index is 12.2. The highest BCUT2D eigenvalue weighted by Gasteiger charge is 2.11. The van der Waals surface area contributed by atoms with Crippen LogP contribution in [0.15, 0.2) is 53.9 Å². The fourth-order valence-electron chi connectivity index (χ4n) is 2.09. The fourth-order valence-corrected chi connectivity index (χ4v) is 4.05. The van der Waals surface area contributed by atoms with Crippen LogP contribution in [0.4, 0.5) is 5.13 Å². The molecule has 1 heterocycles. The predicted octanol–water partition coefficient (Wildman–Crippen LogP) is 4.11. The van der Waals surface area contributed by atoms with Gasteiger partial charge in [-0.2, -0.15) is 0 Å². The second-order valence-electron chi connectivity index (χ2n) is 4.94. The van der Waals surface area contributed by atoms with Crippen molar-refractivity contribution in [3.63, 3.8) is 0 Å². The Hall–Kier alpha value is -2.38. The summed E-state index contributed by atoms with van der Waals surface area (Å²) in [4.78, 5) is 4.29. The Labute approximate surface area is 144 Å². The molecule has 1 N–H and O–H groups in total. The van der Waals surface area contributed by atoms with E-state index >= 15 is 0 Å². The van der Waals surface area contributed by atoms with Gasteiger partial charge in [0.15, 0.2) is 5.13 Å². The standard InChI is InChI=1S/C17H16N2O3S2/c1-2-22-14-8-9-15-16(12-14)23-17(18-15)19-24(20,21)11-10-13-6-4-3-5-7-13/h3-12H,2H2,1H3,(H,18,19)/b11-10+. The van der Waals surface area contributed by atoms with E-state index in [1.807, 2.05) is 55.5 Å². The number of hydrogen-bond acceptors (Lipinski definition) is 5. The first-order valence-electron chi connectivity index (χ1n) is 7.35. The zero-order valence-corrected chi connectivity index (χ0v) is 14.6. The number of ether oxygens (including phenoxy) is 1. The molecule has 0 aliphatic heterocycles. The van der Waals surface area contributed by atoms with Gasteiger partial charge in [0, 0.05) is 0 Å². The maximum atomic E-state index is 12.2. The van der Waals surface area contributed by atoms with Gasteiger partial charge in [0.05, 0.1) is 22.2 Å². The zero-order chi connectivity index (χ0) is 17.0. The Balaban J connectivity index is 1.79. The minimum atomic E-state index is -3.61. The van der Waals surface area contributed by atoms with Crippen molar-refractivity contribution < 1.29 is 13.2 Å². The van der Waals surface area contributed by atoms with Crippen LogP contribution in [0.5, 0.6) is 5.75 Å². The molecule has 24 heavy (non-hydrogen) atoms. The molecule has 3 rings (SSSR count). The third-order valence-electron chi connectivity index (χ3n) is 3.14. The lowest BCUT2D eigenvalue weighted by Crippen LogP contribution is -2.08. The number of fused-ring (bicyclic) bond motifs is 1. The average molecular weight is 360 g/mol. The fraction of sp³-hybridized carbons (Fsp3) is 0.118. The second-order valence-corrected chi connectivity index (χ2v) is 7.54. The third kappa shape index (κ3) is 4.12. The number of nitrogens with one attached hydrogen (secondary N) is 1. The summed E-state index contributed by atoms with van der Waals surface area (Å²) in [7, 11) is -3.61. The van der Waals surface area contributed by atoms with Gasteiger partial charge in [0.1, 0.15) is 5.75 Å². The van der Waals surface area contributed by atoms with Gasteiger partial charge in [-0.25, -0.2) is 13.4 Å². The Kier molecular flexibility index (Phi) is 4.82. The molecule has 124 valence electrons. The average Bonchev–Trinajstić information content (AvgIpc) is 2.95. The van der Waals surface area contributed by atoms with Crippen LogP contribution in [0.3, 0.4) is 0 Å². The van der Waals surface area contributed by atoms with E-state index < -0.39 is 10.0 Å². The molecule has 0 spiro atoms. The Bertz CT molecular complexity index is 964. The van der Waals surface area contributed by atoms with Crippen LogP contribution in [0.1, 0.15) is 12.5 Å². The van der Waals surface area contributed by atoms with Crippen molar-refractivity contribution >= 4 is 42.8 Å². The van der Waals surface area contributed by atoms with E-state index in [9.17, 15) is 8.42 Å². The smallest absolute Gasteiger partial charge is 0.256 e. The molecule has 0 radical (unpaired) electrons. The number of thiazole rings is 1. The van der Waals surface area contributed by atoms with E-state index in [1.165, 1.54) is 11.3 Å². The number of rotatable bonds is 6. The molecule has 0 aliphatic carbocycles. The highest BCUT2D eigenvalue weighted by atomic mass is 32.2. The first-order chi connectivity index (χ1) is 11.6. The third-order valence-corrected chi connectivity index (χ3v) is 5.17. The Morgan fingerprint density at radius 2 is 2.00 bits per heavy atom. The van der Waals surface area contributed by atoms with Crippen molar-refractivity contribution in [1.29, 1.82) is 0 Å². The summed E-state index contributed by atoms with van der Waals surface area (Å²) in [6.07, 6.45) is 1.54. The van der Waals surface area contributed by atoms with E-state index in [1.54, 1.807) is 6.08 Å². The van der Waals surface area contributed by atoms with Gasteiger partial charge in [0.2, 0.25) is 0 Å². The minimum absolute atomic E-state index is 0.330. The molecule has 0 unspecified atom stereocenters. The van der Waals surface area contributed by atoms with Crippen molar-refractivity contribution in [2.45, 2.75) is 6.92 Å². The van der Waals surface area contributed by atoms with Crippen molar-refractivity contribution in [2.24, 2.45) is 0 Å². The van der Waals surface area contributed by atoms with Gasteiger partial charge in [0.25, 0.3) is 10.0 Å². The lowest BCUT2D eigenvalue weighted by molar-refractivity contribution is 0.341. The van der Waals surface area contributed by atoms with E-state index in [0.717, 1.165) is 26.9 Å². The van der Waals surface area contributed by atoms with Gasteiger partial charge < -0.3 is 4.74 Å². The molecule has 0 saturated carbocycles. The lowest BCUT2D eigenvalue weighted by Gasteiger charge is -2.00. The molecule has 0 saturated heterocycles. The maximum Gasteiger partial charge on any atom is 0.256 e. The molecular weight excluding hydrogens is 344 g/mol. The molecule has 7 heteroatoms. The first-order valence-corrected chi connectivity index (χ1v) is 9.71. The van der Waals surface area contributed by atoms with E-state index in [-0.39, 0.29) is 0 Å². The van der Waals surface area contributed by atoms with Crippen LogP contribution in [-0.2, 0) is 10.0 Å². The number of benzene rings is 2. The normalized spacial score (nSPS) is 11.9. The summed E-state index contributed by atoms with van der Waals surface area (Å²) in [5.74, 6) is 0.743. The van der Waals surface area contributed by atoms with E-state index in [2.05, 4.69) is 9.71 Å². The highest BCUT2D eigenvalue weighted by Crippen LogP contribution is 2.29. The molecule has 1 aromatic heterocycles. The molecule has 0 aliphatic rings. The minimum Gasteiger partial charge on any atom is -0.494 e. The van der Waals surface area contributed by atoms with E-state index in [0.29, 0.717) is 11.7 Å². The molecule has 2 aromatic carbocycles. The van der Waals surface area contributed by atoms with Gasteiger partial charge >= 0.3 is 0 Å². The summed E-state index contributed by atoms with van der Waals surface area (Å²) >= 11 is 1.27. The van der Waals surface area contributed by atoms with Crippen molar-refractivity contribution in [3.05, 3.63) is 59.5 Å². The molecule has 3 aromatic rings. The predicted molar refractivity (Wildman–Crippen MR) is 98.8 cm³/mol. The molecular formula is C17H16N2O3S2. The Morgan fingerprint density at radius 3 is 2.75 bits per heavy atom. The number of nitrogens with zero attached hydrogens (tertiary/aromatic N) is 1. The van der Waals surface area contributed by atoms with Crippen LogP contribution in [0.25, 0.3) is 16.3 Å². The number of hydrogen-bond donors (Lipinski definition) is 1. The summed E-state index contributed by atoms with van der Waals surface area (Å²) in [6.45, 7) is 2.49. The van der Waals surface area contributed by atoms with Gasteiger partial charge in [-0.15, -0.1) is 0 Å². The quantitative estimate of drug-likeness (QED) is 0.718. The highest BCUT2D eigenvalue weighted by molar-refractivity contribution is 7.95. The largest absolute Gasteiger partial charge is 0.494 e. The van der Waals surface area contributed by atoms with Crippen LogP contribution in [0.2, 0.25) is 0 Å². The van der Waals surface area contributed by atoms with Crippen LogP contribution >= 0.6 is 11.3 Å². The number of anilines is 1. The number of aromatic nitrogens is 1. The molecule has 0 atom stereocenters. The van der Waals surface area contributed by atoms with Gasteiger partial charge in [-0.05, 0) is 36.8 Å². The first kappa shape index (κ1) is 16.5. The van der Waals surface area contributed by atoms with Gasteiger partial charge in [-0.1, -0.05) is 41.7 Å². The summed E-state index contributed by atoms with van der Waals surface area (Å²) in [5, 5.41) is 1.47. The zero-order valence-electron chi connectivity index (χ0n) is 13.0. The monoisotopic (exact) mass is 360 g/mol. The molecule has 0 amide bonds. The van der Waals surface area contributed by atoms with Crippen molar-refractivity contribution in [3.8, 4) is 5.75 Å². The van der Waals surface area contributed by atoms with Crippen molar-refractivity contribution in [2.75, 3.05) is 11.3 Å². The second kappa shape index (κ2) is 7.02.